The number of hydrogen-bond acceptors (Lipinski definition) is 7. The predicted molar refractivity (Wildman–Crippen MR) is 154 cm³/mol. The number of hydrogen-bond donors (Lipinski definition) is 0. The summed E-state index contributed by atoms with van der Waals surface area (Å²) < 4.78 is 62.6. The summed E-state index contributed by atoms with van der Waals surface area (Å²) in [7, 11) is -4.27. The first-order valence-electron chi connectivity index (χ1n) is 13.6. The third kappa shape index (κ3) is 5.69. The van der Waals surface area contributed by atoms with E-state index in [0.29, 0.717) is 17.5 Å². The SMILES string of the molecule is Cc1cc(CC(=O)CS(=O)(=O)c2cn(Cc3cccc(-c4ccc(N5CCCC5)nc4)c3)c3cc(F)cc(F)c23)no1. The number of pyridine rings is 1. The summed E-state index contributed by atoms with van der Waals surface area (Å²) >= 11 is 0. The van der Waals surface area contributed by atoms with Gasteiger partial charge in [0.15, 0.2) is 15.6 Å². The van der Waals surface area contributed by atoms with Crippen LogP contribution < -0.4 is 4.90 Å². The summed E-state index contributed by atoms with van der Waals surface area (Å²) in [5.41, 5.74) is 3.00. The topological polar surface area (TPSA) is 98.3 Å². The molecule has 42 heavy (non-hydrogen) atoms. The Labute approximate surface area is 241 Å². The average molecular weight is 591 g/mol. The standard InChI is InChI=1S/C31H28F2N4O4S/c1-20-11-25(35-41-20)15-26(38)19-42(39,40)29-18-37(28-14-24(32)13-27(33)31(28)29)17-21-5-4-6-22(12-21)23-7-8-30(34-16-23)36-9-2-3-10-36/h4-8,11-14,16,18H,2-3,9-10,15,17,19H2,1H3. The summed E-state index contributed by atoms with van der Waals surface area (Å²) in [5.74, 6) is -1.89. The second kappa shape index (κ2) is 11.1. The molecule has 0 atom stereocenters. The van der Waals surface area contributed by atoms with Crippen molar-refractivity contribution in [2.75, 3.05) is 23.7 Å². The number of ketones is 1. The maximum absolute atomic E-state index is 15.1. The monoisotopic (exact) mass is 590 g/mol. The third-order valence-corrected chi connectivity index (χ3v) is 9.08. The van der Waals surface area contributed by atoms with Gasteiger partial charge in [0.05, 0.1) is 27.9 Å². The summed E-state index contributed by atoms with van der Waals surface area (Å²) in [6, 6.07) is 14.9. The van der Waals surface area contributed by atoms with Crippen molar-refractivity contribution in [2.24, 2.45) is 0 Å². The Morgan fingerprint density at radius 3 is 2.55 bits per heavy atom. The first-order chi connectivity index (χ1) is 20.2. The number of halogens is 2. The van der Waals surface area contributed by atoms with Crippen molar-refractivity contribution in [3.8, 4) is 11.1 Å². The van der Waals surface area contributed by atoms with E-state index in [9.17, 15) is 17.6 Å². The summed E-state index contributed by atoms with van der Waals surface area (Å²) in [6.45, 7) is 3.81. The molecule has 0 unspecified atom stereocenters. The van der Waals surface area contributed by atoms with Gasteiger partial charge in [-0.15, -0.1) is 0 Å². The normalized spacial score (nSPS) is 13.7. The molecule has 1 aliphatic heterocycles. The zero-order valence-corrected chi connectivity index (χ0v) is 23.7. The summed E-state index contributed by atoms with van der Waals surface area (Å²) in [4.78, 5) is 19.1. The Kier molecular flexibility index (Phi) is 7.36. The number of Topliss-reactive ketones (excluding diaryl/α,β-unsaturated/α-hetero) is 1. The highest BCUT2D eigenvalue weighted by molar-refractivity contribution is 7.92. The number of sulfone groups is 1. The lowest BCUT2D eigenvalue weighted by molar-refractivity contribution is -0.116. The van der Waals surface area contributed by atoms with E-state index in [1.165, 1.54) is 10.8 Å². The molecule has 1 saturated heterocycles. The molecule has 0 spiro atoms. The number of carbonyl (C=O) groups excluding carboxylic acids is 1. The van der Waals surface area contributed by atoms with Crippen LogP contribution in [0.25, 0.3) is 22.0 Å². The van der Waals surface area contributed by atoms with Crippen molar-refractivity contribution in [3.63, 3.8) is 0 Å². The van der Waals surface area contributed by atoms with Crippen molar-refractivity contribution in [2.45, 2.75) is 37.6 Å². The van der Waals surface area contributed by atoms with Crippen molar-refractivity contribution in [1.82, 2.24) is 14.7 Å². The number of aromatic nitrogens is 3. The van der Waals surface area contributed by atoms with Gasteiger partial charge in [-0.1, -0.05) is 23.4 Å². The lowest BCUT2D eigenvalue weighted by Crippen LogP contribution is -2.18. The number of anilines is 1. The second-order valence-electron chi connectivity index (χ2n) is 10.6. The van der Waals surface area contributed by atoms with Gasteiger partial charge in [0.1, 0.15) is 29.0 Å². The largest absolute Gasteiger partial charge is 0.361 e. The van der Waals surface area contributed by atoms with Crippen LogP contribution in [0.15, 0.2) is 76.4 Å². The molecule has 6 rings (SSSR count). The number of benzene rings is 2. The van der Waals surface area contributed by atoms with Gasteiger partial charge in [0, 0.05) is 49.7 Å². The fourth-order valence-corrected chi connectivity index (χ4v) is 6.94. The Morgan fingerprint density at radius 1 is 1.02 bits per heavy atom. The number of rotatable bonds is 9. The highest BCUT2D eigenvalue weighted by Crippen LogP contribution is 2.31. The highest BCUT2D eigenvalue weighted by Gasteiger charge is 2.27. The van der Waals surface area contributed by atoms with E-state index < -0.39 is 33.0 Å². The molecule has 2 aromatic carbocycles. The minimum absolute atomic E-state index is 0.0766. The Hall–Kier alpha value is -4.38. The molecular formula is C31H28F2N4O4S. The quantitative estimate of drug-likeness (QED) is 0.223. The van der Waals surface area contributed by atoms with E-state index in [-0.39, 0.29) is 28.8 Å². The Balaban J connectivity index is 1.29. The van der Waals surface area contributed by atoms with Gasteiger partial charge in [0.25, 0.3) is 0 Å². The number of nitrogens with zero attached hydrogens (tertiary/aromatic N) is 4. The number of carbonyl (C=O) groups is 1. The molecule has 1 aliphatic rings. The first-order valence-corrected chi connectivity index (χ1v) is 15.3. The van der Waals surface area contributed by atoms with E-state index in [4.69, 9.17) is 4.52 Å². The Morgan fingerprint density at radius 2 is 1.83 bits per heavy atom. The van der Waals surface area contributed by atoms with Gasteiger partial charge in [-0.05, 0) is 55.2 Å². The maximum Gasteiger partial charge on any atom is 0.187 e. The molecule has 0 amide bonds. The van der Waals surface area contributed by atoms with E-state index >= 15 is 4.39 Å². The van der Waals surface area contributed by atoms with Gasteiger partial charge >= 0.3 is 0 Å². The van der Waals surface area contributed by atoms with E-state index in [1.54, 1.807) is 13.0 Å². The molecule has 3 aromatic heterocycles. The van der Waals surface area contributed by atoms with E-state index in [2.05, 4.69) is 15.0 Å². The van der Waals surface area contributed by atoms with Crippen LogP contribution in [0.3, 0.4) is 0 Å². The molecule has 0 bridgehead atoms. The van der Waals surface area contributed by atoms with Gasteiger partial charge in [-0.2, -0.15) is 0 Å². The van der Waals surface area contributed by atoms with Crippen LogP contribution in [0.4, 0.5) is 14.6 Å². The zero-order valence-electron chi connectivity index (χ0n) is 22.9. The van der Waals surface area contributed by atoms with Crippen LogP contribution in [0.2, 0.25) is 0 Å². The summed E-state index contributed by atoms with van der Waals surface area (Å²) in [6.07, 6.45) is 5.18. The van der Waals surface area contributed by atoms with Crippen LogP contribution in [-0.2, 0) is 27.6 Å². The lowest BCUT2D eigenvalue weighted by atomic mass is 10.0. The summed E-state index contributed by atoms with van der Waals surface area (Å²) in [5, 5.41) is 3.48. The van der Waals surface area contributed by atoms with E-state index in [0.717, 1.165) is 54.5 Å². The van der Waals surface area contributed by atoms with Crippen molar-refractivity contribution >= 4 is 32.3 Å². The van der Waals surface area contributed by atoms with Crippen molar-refractivity contribution in [3.05, 3.63) is 95.6 Å². The molecule has 4 heterocycles. The van der Waals surface area contributed by atoms with Crippen LogP contribution in [0.5, 0.6) is 0 Å². The molecular weight excluding hydrogens is 562 g/mol. The van der Waals surface area contributed by atoms with Crippen LogP contribution in [0.1, 0.15) is 29.9 Å². The highest BCUT2D eigenvalue weighted by atomic mass is 32.2. The van der Waals surface area contributed by atoms with Crippen molar-refractivity contribution in [1.29, 1.82) is 0 Å². The average Bonchev–Trinajstić information content (AvgIpc) is 3.70. The molecule has 0 aliphatic carbocycles. The molecule has 1 fully saturated rings. The van der Waals surface area contributed by atoms with Crippen LogP contribution in [-0.4, -0.2) is 47.8 Å². The fraction of sp³-hybridized carbons (Fsp3) is 0.258. The molecule has 11 heteroatoms. The van der Waals surface area contributed by atoms with Crippen molar-refractivity contribution < 1.29 is 26.5 Å². The smallest absolute Gasteiger partial charge is 0.187 e. The lowest BCUT2D eigenvalue weighted by Gasteiger charge is -2.16. The molecule has 216 valence electrons. The molecule has 8 nitrogen and oxygen atoms in total. The van der Waals surface area contributed by atoms with E-state index in [1.807, 2.05) is 42.6 Å². The van der Waals surface area contributed by atoms with Gasteiger partial charge < -0.3 is 14.0 Å². The van der Waals surface area contributed by atoms with Crippen LogP contribution >= 0.6 is 0 Å². The minimum Gasteiger partial charge on any atom is -0.361 e. The minimum atomic E-state index is -4.27. The fourth-order valence-electron chi connectivity index (χ4n) is 5.45. The number of fused-ring (bicyclic) bond motifs is 1. The number of aryl methyl sites for hydroxylation is 1. The predicted octanol–water partition coefficient (Wildman–Crippen LogP) is 5.51. The van der Waals surface area contributed by atoms with Gasteiger partial charge in [0.2, 0.25) is 0 Å². The first kappa shape index (κ1) is 27.8. The van der Waals surface area contributed by atoms with Gasteiger partial charge in [-0.25, -0.2) is 22.2 Å². The maximum atomic E-state index is 15.1. The molecule has 5 aromatic rings. The molecule has 0 radical (unpaired) electrons. The van der Waals surface area contributed by atoms with Gasteiger partial charge in [-0.3, -0.25) is 4.79 Å². The molecule has 0 saturated carbocycles. The molecule has 0 N–H and O–H groups in total. The zero-order chi connectivity index (χ0) is 29.4. The second-order valence-corrected chi connectivity index (χ2v) is 12.6. The van der Waals surface area contributed by atoms with Crippen LogP contribution in [0, 0.1) is 18.6 Å². The Bertz CT molecular complexity index is 1890. The third-order valence-electron chi connectivity index (χ3n) is 7.40.